The fourth-order valence-corrected chi connectivity index (χ4v) is 3.91. The molecule has 0 aromatic heterocycles. The summed E-state index contributed by atoms with van der Waals surface area (Å²) in [6, 6.07) is 0. The molecule has 0 aliphatic heterocycles. The van der Waals surface area contributed by atoms with Gasteiger partial charge in [-0.2, -0.15) is 0 Å². The van der Waals surface area contributed by atoms with Crippen LogP contribution in [0, 0.1) is 0 Å². The lowest BCUT2D eigenvalue weighted by Gasteiger charge is -2.24. The van der Waals surface area contributed by atoms with Gasteiger partial charge in [-0.15, -0.1) is 0 Å². The van der Waals surface area contributed by atoms with Gasteiger partial charge in [-0.3, -0.25) is 18.6 Å². The first-order valence-electron chi connectivity index (χ1n) is 14.4. The number of nitrogens with zero attached hydrogens (tertiary/aromatic N) is 1. The van der Waals surface area contributed by atoms with E-state index in [2.05, 4.69) is 13.0 Å². The fraction of sp³-hybridized carbons (Fsp3) is 0.667. The van der Waals surface area contributed by atoms with Gasteiger partial charge in [-0.1, -0.05) is 68.4 Å². The summed E-state index contributed by atoms with van der Waals surface area (Å²) >= 11 is 0. The molecule has 0 aliphatic carbocycles. The van der Waals surface area contributed by atoms with Crippen molar-refractivity contribution in [3.05, 3.63) is 48.6 Å². The Morgan fingerprint density at radius 3 is 2.32 bits per heavy atom. The van der Waals surface area contributed by atoms with Crippen molar-refractivity contribution in [3.63, 3.8) is 0 Å². The average Bonchev–Trinajstić information content (AvgIpc) is 2.87. The second-order valence-corrected chi connectivity index (χ2v) is 12.2. The standard InChI is InChI=1S/C30H52NO9P/c1-6-7-8-9-14-17-20-28(33)21-18-15-12-10-11-13-16-19-22-30(34)40-29(25-37-27(2)32)26-39-41(35,36)38-24-23-31(3,4)5/h11-15,17-18,21,28-29,33H,6-10,16,19-20,22-26H2,1-5H3/p+1/b13-11-,15-12-,17-14-,21-18+/t28-,29+/m0/s1. The molecule has 1 unspecified atom stereocenters. The number of likely N-dealkylation sites (N-methyl/N-ethyl adjacent to an activating group) is 1. The maximum Gasteiger partial charge on any atom is 0.472 e. The third kappa shape index (κ3) is 27.9. The summed E-state index contributed by atoms with van der Waals surface area (Å²) in [5.74, 6) is -1.11. The molecule has 0 amide bonds. The molecule has 0 bridgehead atoms. The molecule has 41 heavy (non-hydrogen) atoms. The van der Waals surface area contributed by atoms with Crippen molar-refractivity contribution in [2.75, 3.05) is 47.5 Å². The molecule has 3 atom stereocenters. The summed E-state index contributed by atoms with van der Waals surface area (Å²) < 4.78 is 32.7. The summed E-state index contributed by atoms with van der Waals surface area (Å²) in [5, 5.41) is 9.94. The van der Waals surface area contributed by atoms with E-state index < -0.39 is 38.6 Å². The number of phosphoric ester groups is 1. The second-order valence-electron chi connectivity index (χ2n) is 10.7. The number of quaternary nitrogens is 1. The topological polar surface area (TPSA) is 129 Å². The van der Waals surface area contributed by atoms with Gasteiger partial charge in [0, 0.05) is 13.3 Å². The zero-order valence-electron chi connectivity index (χ0n) is 25.6. The lowest BCUT2D eigenvalue weighted by Crippen LogP contribution is -2.37. The summed E-state index contributed by atoms with van der Waals surface area (Å²) in [6.07, 6.45) is 21.4. The van der Waals surface area contributed by atoms with E-state index in [1.807, 2.05) is 57.6 Å². The van der Waals surface area contributed by atoms with E-state index in [0.29, 0.717) is 30.3 Å². The van der Waals surface area contributed by atoms with Crippen molar-refractivity contribution >= 4 is 19.8 Å². The number of allylic oxidation sites excluding steroid dienone is 6. The minimum absolute atomic E-state index is 0.00589. The third-order valence-corrected chi connectivity index (χ3v) is 6.48. The highest BCUT2D eigenvalue weighted by molar-refractivity contribution is 7.47. The molecule has 0 saturated carbocycles. The molecule has 0 aromatic carbocycles. The van der Waals surface area contributed by atoms with Gasteiger partial charge >= 0.3 is 19.8 Å². The van der Waals surface area contributed by atoms with E-state index in [0.717, 1.165) is 12.8 Å². The molecule has 0 rings (SSSR count). The van der Waals surface area contributed by atoms with E-state index in [4.69, 9.17) is 18.5 Å². The first-order chi connectivity index (χ1) is 19.3. The number of carbonyl (C=O) groups is 2. The smallest absolute Gasteiger partial charge is 0.462 e. The van der Waals surface area contributed by atoms with Gasteiger partial charge in [0.1, 0.15) is 19.8 Å². The summed E-state index contributed by atoms with van der Waals surface area (Å²) in [6.45, 7) is 3.13. The fourth-order valence-electron chi connectivity index (χ4n) is 3.17. The van der Waals surface area contributed by atoms with Crippen molar-refractivity contribution in [1.82, 2.24) is 0 Å². The lowest BCUT2D eigenvalue weighted by molar-refractivity contribution is -0.870. The maximum atomic E-state index is 12.2. The van der Waals surface area contributed by atoms with Gasteiger partial charge in [0.05, 0.1) is 33.9 Å². The van der Waals surface area contributed by atoms with E-state index in [1.165, 1.54) is 26.2 Å². The molecule has 236 valence electrons. The first kappa shape index (κ1) is 38.9. The van der Waals surface area contributed by atoms with Crippen LogP contribution in [-0.2, 0) is 32.7 Å². The zero-order valence-corrected chi connectivity index (χ0v) is 26.5. The minimum atomic E-state index is -4.36. The van der Waals surface area contributed by atoms with Crippen LogP contribution in [0.3, 0.4) is 0 Å². The van der Waals surface area contributed by atoms with Crippen LogP contribution in [0.4, 0.5) is 0 Å². The minimum Gasteiger partial charge on any atom is -0.462 e. The van der Waals surface area contributed by atoms with Gasteiger partial charge in [-0.05, 0) is 38.5 Å². The molecule has 0 spiro atoms. The quantitative estimate of drug-likeness (QED) is 0.0372. The third-order valence-electron chi connectivity index (χ3n) is 5.50. The molecule has 0 aliphatic rings. The van der Waals surface area contributed by atoms with Gasteiger partial charge in [0.15, 0.2) is 6.10 Å². The predicted octanol–water partition coefficient (Wildman–Crippen LogP) is 5.42. The number of hydrogen-bond donors (Lipinski definition) is 2. The number of esters is 2. The molecular weight excluding hydrogens is 549 g/mol. The SMILES string of the molecule is CCCCC/C=C\C[C@H](O)/C=C/C=C\C/C=C\CCCC(=O)O[C@H](COC(C)=O)COP(=O)(O)OCC[N+](C)(C)C. The number of unbranched alkanes of at least 4 members (excludes halogenated alkanes) is 4. The molecule has 0 radical (unpaired) electrons. The average molecular weight is 603 g/mol. The van der Waals surface area contributed by atoms with E-state index in [9.17, 15) is 24.2 Å². The molecule has 10 nitrogen and oxygen atoms in total. The van der Waals surface area contributed by atoms with Gasteiger partial charge < -0.3 is 24.0 Å². The molecule has 0 saturated heterocycles. The molecule has 0 fully saturated rings. The van der Waals surface area contributed by atoms with Gasteiger partial charge in [0.2, 0.25) is 0 Å². The van der Waals surface area contributed by atoms with Crippen molar-refractivity contribution in [1.29, 1.82) is 0 Å². The molecular formula is C30H53NO9P+. The lowest BCUT2D eigenvalue weighted by atomic mass is 10.1. The van der Waals surface area contributed by atoms with Crippen LogP contribution in [0.1, 0.15) is 71.6 Å². The highest BCUT2D eigenvalue weighted by atomic mass is 31.2. The van der Waals surface area contributed by atoms with Crippen LogP contribution in [0.25, 0.3) is 0 Å². The Labute approximate surface area is 246 Å². The van der Waals surface area contributed by atoms with E-state index in [-0.39, 0.29) is 19.6 Å². The Morgan fingerprint density at radius 1 is 0.927 bits per heavy atom. The van der Waals surface area contributed by atoms with Crippen LogP contribution in [0.15, 0.2) is 48.6 Å². The largest absolute Gasteiger partial charge is 0.472 e. The van der Waals surface area contributed by atoms with Crippen molar-refractivity contribution in [2.45, 2.75) is 83.8 Å². The molecule has 11 heteroatoms. The summed E-state index contributed by atoms with van der Waals surface area (Å²) in [7, 11) is 1.38. The van der Waals surface area contributed by atoms with E-state index >= 15 is 0 Å². The molecule has 2 N–H and O–H groups in total. The number of rotatable bonds is 24. The van der Waals surface area contributed by atoms with Crippen LogP contribution in [0.5, 0.6) is 0 Å². The second kappa shape index (κ2) is 23.5. The Balaban J connectivity index is 4.30. The number of phosphoric acid groups is 1. The van der Waals surface area contributed by atoms with Crippen LogP contribution in [0.2, 0.25) is 0 Å². The Hall–Kier alpha value is -2.07. The van der Waals surface area contributed by atoms with E-state index in [1.54, 1.807) is 6.08 Å². The van der Waals surface area contributed by atoms with Crippen molar-refractivity contribution in [3.8, 4) is 0 Å². The predicted molar refractivity (Wildman–Crippen MR) is 161 cm³/mol. The Morgan fingerprint density at radius 2 is 1.63 bits per heavy atom. The van der Waals surface area contributed by atoms with Gasteiger partial charge in [-0.25, -0.2) is 4.57 Å². The number of hydrogen-bond acceptors (Lipinski definition) is 8. The summed E-state index contributed by atoms with van der Waals surface area (Å²) in [4.78, 5) is 33.3. The Bertz CT molecular complexity index is 878. The van der Waals surface area contributed by atoms with Crippen molar-refractivity contribution < 1.29 is 47.2 Å². The van der Waals surface area contributed by atoms with Crippen LogP contribution in [-0.4, -0.2) is 86.1 Å². The number of aliphatic hydroxyl groups is 1. The molecule has 0 aromatic rings. The highest BCUT2D eigenvalue weighted by Gasteiger charge is 2.26. The number of carbonyl (C=O) groups excluding carboxylic acids is 2. The Kier molecular flexibility index (Phi) is 22.3. The van der Waals surface area contributed by atoms with Crippen LogP contribution >= 0.6 is 7.82 Å². The molecule has 0 heterocycles. The maximum absolute atomic E-state index is 12.2. The number of aliphatic hydroxyl groups excluding tert-OH is 1. The summed E-state index contributed by atoms with van der Waals surface area (Å²) in [5.41, 5.74) is 0. The normalized spacial score (nSPS) is 15.6. The van der Waals surface area contributed by atoms with Crippen molar-refractivity contribution in [2.24, 2.45) is 0 Å². The van der Waals surface area contributed by atoms with Gasteiger partial charge in [0.25, 0.3) is 0 Å². The highest BCUT2D eigenvalue weighted by Crippen LogP contribution is 2.43. The zero-order chi connectivity index (χ0) is 31.0. The van der Waals surface area contributed by atoms with Crippen LogP contribution < -0.4 is 0 Å². The monoisotopic (exact) mass is 602 g/mol. The number of ether oxygens (including phenoxy) is 2. The first-order valence-corrected chi connectivity index (χ1v) is 15.9.